The summed E-state index contributed by atoms with van der Waals surface area (Å²) in [4.78, 5) is 11.8. The molecule has 0 aliphatic heterocycles. The second kappa shape index (κ2) is 7.72. The number of rotatable bonds is 6. The van der Waals surface area contributed by atoms with Gasteiger partial charge in [0.25, 0.3) is 5.91 Å². The molecule has 0 radical (unpaired) electrons. The second-order valence-electron chi connectivity index (χ2n) is 3.95. The van der Waals surface area contributed by atoms with E-state index in [1.54, 1.807) is 11.3 Å². The molecule has 5 heteroatoms. The third-order valence-electron chi connectivity index (χ3n) is 2.47. The first-order chi connectivity index (χ1) is 9.25. The summed E-state index contributed by atoms with van der Waals surface area (Å²) in [6.07, 6.45) is 0. The van der Waals surface area contributed by atoms with Crippen molar-refractivity contribution in [1.82, 2.24) is 5.32 Å². The van der Waals surface area contributed by atoms with Gasteiger partial charge in [-0.25, -0.2) is 0 Å². The first kappa shape index (κ1) is 14.6. The van der Waals surface area contributed by atoms with Crippen molar-refractivity contribution in [3.8, 4) is 0 Å². The third kappa shape index (κ3) is 5.01. The second-order valence-corrected chi connectivity index (χ2v) is 6.75. The molecule has 19 heavy (non-hydrogen) atoms. The SMILES string of the molecule is O=C(NCCSCc1ccsc1)c1cccc(Br)c1. The van der Waals surface area contributed by atoms with Gasteiger partial charge in [0.2, 0.25) is 0 Å². The van der Waals surface area contributed by atoms with E-state index >= 15 is 0 Å². The van der Waals surface area contributed by atoms with Gasteiger partial charge in [0, 0.05) is 28.1 Å². The fourth-order valence-electron chi connectivity index (χ4n) is 1.53. The minimum atomic E-state index is -0.0163. The quantitative estimate of drug-likeness (QED) is 0.787. The van der Waals surface area contributed by atoms with Gasteiger partial charge >= 0.3 is 0 Å². The Morgan fingerprint density at radius 1 is 1.37 bits per heavy atom. The number of halogens is 1. The van der Waals surface area contributed by atoms with Crippen molar-refractivity contribution < 1.29 is 4.79 Å². The summed E-state index contributed by atoms with van der Waals surface area (Å²) in [6, 6.07) is 9.56. The summed E-state index contributed by atoms with van der Waals surface area (Å²) < 4.78 is 0.923. The van der Waals surface area contributed by atoms with Crippen molar-refractivity contribution >= 4 is 44.9 Å². The van der Waals surface area contributed by atoms with Crippen LogP contribution in [0.15, 0.2) is 45.6 Å². The third-order valence-corrected chi connectivity index (χ3v) is 4.72. The van der Waals surface area contributed by atoms with Crippen molar-refractivity contribution in [3.05, 3.63) is 56.7 Å². The molecule has 1 aromatic heterocycles. The summed E-state index contributed by atoms with van der Waals surface area (Å²) in [5, 5.41) is 7.18. The summed E-state index contributed by atoms with van der Waals surface area (Å²) >= 11 is 6.92. The number of amides is 1. The molecule has 0 saturated heterocycles. The van der Waals surface area contributed by atoms with E-state index in [0.29, 0.717) is 12.1 Å². The van der Waals surface area contributed by atoms with Crippen molar-refractivity contribution in [2.24, 2.45) is 0 Å². The Hall–Kier alpha value is -0.780. The molecule has 100 valence electrons. The lowest BCUT2D eigenvalue weighted by molar-refractivity contribution is 0.0956. The zero-order valence-electron chi connectivity index (χ0n) is 10.3. The molecule has 2 rings (SSSR count). The predicted octanol–water partition coefficient (Wildman–Crippen LogP) is 4.17. The number of carbonyl (C=O) groups is 1. The van der Waals surface area contributed by atoms with Crippen LogP contribution >= 0.6 is 39.0 Å². The topological polar surface area (TPSA) is 29.1 Å². The molecule has 0 aliphatic carbocycles. The minimum absolute atomic E-state index is 0.0163. The lowest BCUT2D eigenvalue weighted by atomic mass is 10.2. The maximum Gasteiger partial charge on any atom is 0.251 e. The Balaban J connectivity index is 1.67. The number of hydrogen-bond donors (Lipinski definition) is 1. The highest BCUT2D eigenvalue weighted by Crippen LogP contribution is 2.14. The Morgan fingerprint density at radius 3 is 3.00 bits per heavy atom. The van der Waals surface area contributed by atoms with Crippen LogP contribution in [-0.4, -0.2) is 18.2 Å². The number of nitrogens with one attached hydrogen (secondary N) is 1. The Kier molecular flexibility index (Phi) is 5.94. The highest BCUT2D eigenvalue weighted by Gasteiger charge is 2.04. The van der Waals surface area contributed by atoms with Crippen molar-refractivity contribution in [3.63, 3.8) is 0 Å². The van der Waals surface area contributed by atoms with Gasteiger partial charge in [-0.05, 0) is 40.6 Å². The molecular formula is C14H14BrNOS2. The van der Waals surface area contributed by atoms with Crippen LogP contribution in [-0.2, 0) is 5.75 Å². The summed E-state index contributed by atoms with van der Waals surface area (Å²) in [7, 11) is 0. The Labute approximate surface area is 129 Å². The van der Waals surface area contributed by atoms with E-state index in [9.17, 15) is 4.79 Å². The lowest BCUT2D eigenvalue weighted by Crippen LogP contribution is -2.25. The number of carbonyl (C=O) groups excluding carboxylic acids is 1. The van der Waals surface area contributed by atoms with Gasteiger partial charge in [0.1, 0.15) is 0 Å². The monoisotopic (exact) mass is 355 g/mol. The maximum absolute atomic E-state index is 11.8. The molecule has 1 amide bonds. The van der Waals surface area contributed by atoms with Crippen LogP contribution in [0.3, 0.4) is 0 Å². The molecule has 1 aromatic carbocycles. The van der Waals surface area contributed by atoms with Gasteiger partial charge in [0.05, 0.1) is 0 Å². The number of hydrogen-bond acceptors (Lipinski definition) is 3. The molecule has 0 unspecified atom stereocenters. The largest absolute Gasteiger partial charge is 0.351 e. The molecule has 0 spiro atoms. The first-order valence-corrected chi connectivity index (χ1v) is 8.77. The van der Waals surface area contributed by atoms with Crippen LogP contribution in [0.25, 0.3) is 0 Å². The van der Waals surface area contributed by atoms with Gasteiger partial charge in [-0.2, -0.15) is 23.1 Å². The molecule has 0 aliphatic rings. The Morgan fingerprint density at radius 2 is 2.26 bits per heavy atom. The number of benzene rings is 1. The summed E-state index contributed by atoms with van der Waals surface area (Å²) in [5.41, 5.74) is 2.05. The van der Waals surface area contributed by atoms with E-state index in [1.807, 2.05) is 36.0 Å². The fourth-order valence-corrected chi connectivity index (χ4v) is 3.51. The van der Waals surface area contributed by atoms with Gasteiger partial charge in [-0.15, -0.1) is 0 Å². The van der Waals surface area contributed by atoms with E-state index in [0.717, 1.165) is 16.0 Å². The van der Waals surface area contributed by atoms with Crippen LogP contribution < -0.4 is 5.32 Å². The molecule has 0 saturated carbocycles. The predicted molar refractivity (Wildman–Crippen MR) is 87.0 cm³/mol. The highest BCUT2D eigenvalue weighted by atomic mass is 79.9. The van der Waals surface area contributed by atoms with Gasteiger partial charge < -0.3 is 5.32 Å². The van der Waals surface area contributed by atoms with Crippen LogP contribution in [0, 0.1) is 0 Å². The van der Waals surface area contributed by atoms with Crippen LogP contribution in [0.2, 0.25) is 0 Å². The summed E-state index contributed by atoms with van der Waals surface area (Å²) in [5.74, 6) is 1.92. The van der Waals surface area contributed by atoms with Gasteiger partial charge in [0.15, 0.2) is 0 Å². The number of thiophene rings is 1. The lowest BCUT2D eigenvalue weighted by Gasteiger charge is -2.05. The molecule has 2 nitrogen and oxygen atoms in total. The van der Waals surface area contributed by atoms with Crippen LogP contribution in [0.5, 0.6) is 0 Å². The summed E-state index contributed by atoms with van der Waals surface area (Å²) in [6.45, 7) is 0.695. The van der Waals surface area contributed by atoms with E-state index in [2.05, 4.69) is 38.1 Å². The smallest absolute Gasteiger partial charge is 0.251 e. The van der Waals surface area contributed by atoms with E-state index in [1.165, 1.54) is 5.56 Å². The molecular weight excluding hydrogens is 342 g/mol. The zero-order valence-corrected chi connectivity index (χ0v) is 13.5. The molecule has 0 fully saturated rings. The standard InChI is InChI=1S/C14H14BrNOS2/c15-13-3-1-2-12(8-13)14(17)16-5-7-19-10-11-4-6-18-9-11/h1-4,6,8-9H,5,7,10H2,(H,16,17). The van der Waals surface area contributed by atoms with E-state index in [-0.39, 0.29) is 5.91 Å². The van der Waals surface area contributed by atoms with Gasteiger partial charge in [-0.1, -0.05) is 22.0 Å². The van der Waals surface area contributed by atoms with Gasteiger partial charge in [-0.3, -0.25) is 4.79 Å². The molecule has 0 bridgehead atoms. The maximum atomic E-state index is 11.8. The van der Waals surface area contributed by atoms with Crippen LogP contribution in [0.4, 0.5) is 0 Å². The average molecular weight is 356 g/mol. The van der Waals surface area contributed by atoms with Crippen molar-refractivity contribution in [2.45, 2.75) is 5.75 Å². The first-order valence-electron chi connectivity index (χ1n) is 5.88. The molecule has 1 heterocycles. The van der Waals surface area contributed by atoms with Crippen molar-refractivity contribution in [2.75, 3.05) is 12.3 Å². The van der Waals surface area contributed by atoms with Crippen molar-refractivity contribution in [1.29, 1.82) is 0 Å². The van der Waals surface area contributed by atoms with E-state index < -0.39 is 0 Å². The molecule has 0 atom stereocenters. The minimum Gasteiger partial charge on any atom is -0.351 e. The Bertz CT molecular complexity index is 528. The molecule has 2 aromatic rings. The molecule has 1 N–H and O–H groups in total. The zero-order chi connectivity index (χ0) is 13.5. The number of thioether (sulfide) groups is 1. The fraction of sp³-hybridized carbons (Fsp3) is 0.214. The average Bonchev–Trinajstić information content (AvgIpc) is 2.91. The normalized spacial score (nSPS) is 10.4. The van der Waals surface area contributed by atoms with Crippen LogP contribution in [0.1, 0.15) is 15.9 Å². The van der Waals surface area contributed by atoms with E-state index in [4.69, 9.17) is 0 Å². The highest BCUT2D eigenvalue weighted by molar-refractivity contribution is 9.10.